The summed E-state index contributed by atoms with van der Waals surface area (Å²) in [6.45, 7) is 10.9. The highest BCUT2D eigenvalue weighted by Gasteiger charge is 2.45. The standard InChI is InChI=1S/C61H68FN13O6/c1-33(2)56(60(78)73-21-5-6-52(73)59(77)66-51(31-76)40-15-13-37(14-16-40)44-17-20-64-69-35(44)4)75-30-50(71-72-75)39-9-7-36(8-10-39)32-80-57-54(53-34(3)48(62)26-49-47(53)28-65-70-49)45(38-11-12-38)25-46-55(57)67-61(81-43-18-22-79-23-19-43)68-58(46)74-29-41-24-42(74)27-63-41/h7-10,13-17,20,25-26,28,30,33,38,41-43,47,51-53,56,63,70,76H,5-6,11-12,18-19,21-24,27,29,31-32H2,1-4H3,(H,66,77)/t41-,42-,47?,51-,52-,53?,56-/m0/s1. The SMILES string of the molecule is CC1=C(F)C=C2NN=CC2C1c1c(C2CC2)cc2c(N3C[C@@H]4C[C@H]3CN4)nc(OC3CCOCC3)nc2c1OCc1ccc(-c2cn([C@H](C(=O)N3CCC[C@H]3C(=O)N[C@@H](CO)c3ccc(-c4ccnnc4C)cc3)C(C)C)nn2)cc1. The molecule has 420 valence electrons. The van der Waals surface area contributed by atoms with Crippen molar-refractivity contribution < 1.29 is 33.3 Å². The number of carbonyl (C=O) groups excluding carboxylic acids is 2. The molecule has 4 saturated heterocycles. The van der Waals surface area contributed by atoms with Crippen molar-refractivity contribution in [2.75, 3.05) is 44.4 Å². The summed E-state index contributed by atoms with van der Waals surface area (Å²) in [4.78, 5) is 43.2. The number of carbonyl (C=O) groups is 2. The van der Waals surface area contributed by atoms with Gasteiger partial charge in [0.2, 0.25) is 11.8 Å². The van der Waals surface area contributed by atoms with E-state index >= 15 is 4.39 Å². The van der Waals surface area contributed by atoms with Gasteiger partial charge in [0, 0.05) is 90.4 Å². The smallest absolute Gasteiger partial charge is 0.319 e. The number of rotatable bonds is 17. The molecule has 1 saturated carbocycles. The van der Waals surface area contributed by atoms with Gasteiger partial charge in [0.25, 0.3) is 0 Å². The van der Waals surface area contributed by atoms with Crippen molar-refractivity contribution in [2.45, 2.75) is 127 Å². The first-order chi connectivity index (χ1) is 39.5. The second-order valence-electron chi connectivity index (χ2n) is 23.2. The number of hydrogen-bond donors (Lipinski definition) is 4. The third-order valence-electron chi connectivity index (χ3n) is 17.5. The number of amides is 2. The van der Waals surface area contributed by atoms with Gasteiger partial charge in [-0.15, -0.1) is 5.10 Å². The van der Waals surface area contributed by atoms with E-state index in [1.807, 2.05) is 88.5 Å². The molecule has 4 N–H and O–H groups in total. The van der Waals surface area contributed by atoms with Crippen LogP contribution in [0.5, 0.6) is 11.8 Å². The number of hydrogen-bond acceptors (Lipinski definition) is 16. The molecule has 2 aliphatic carbocycles. The number of fused-ring (bicyclic) bond motifs is 4. The normalized spacial score (nSPS) is 23.2. The van der Waals surface area contributed by atoms with Gasteiger partial charge in [-0.3, -0.25) is 15.0 Å². The van der Waals surface area contributed by atoms with Crippen LogP contribution in [0, 0.1) is 18.8 Å². The van der Waals surface area contributed by atoms with E-state index < -0.39 is 24.0 Å². The summed E-state index contributed by atoms with van der Waals surface area (Å²) < 4.78 is 37.3. The molecule has 2 amide bonds. The minimum Gasteiger partial charge on any atom is -0.486 e. The highest BCUT2D eigenvalue weighted by atomic mass is 19.1. The summed E-state index contributed by atoms with van der Waals surface area (Å²) in [5.41, 5.74) is 12.8. The van der Waals surface area contributed by atoms with Gasteiger partial charge in [0.1, 0.15) is 47.6 Å². The van der Waals surface area contributed by atoms with Gasteiger partial charge >= 0.3 is 6.01 Å². The zero-order valence-electron chi connectivity index (χ0n) is 46.1. The van der Waals surface area contributed by atoms with Gasteiger partial charge in [-0.25, -0.2) is 9.07 Å². The van der Waals surface area contributed by atoms with Gasteiger partial charge in [-0.05, 0) is 104 Å². The Labute approximate surface area is 469 Å². The molecule has 7 aliphatic rings. The summed E-state index contributed by atoms with van der Waals surface area (Å²) in [5, 5.41) is 39.7. The summed E-state index contributed by atoms with van der Waals surface area (Å²) in [7, 11) is 0. The number of piperazine rings is 1. The second-order valence-corrected chi connectivity index (χ2v) is 23.2. The minimum absolute atomic E-state index is 0.0987. The molecule has 5 fully saturated rings. The number of nitrogens with zero attached hydrogens (tertiary/aromatic N) is 10. The molecule has 3 aromatic carbocycles. The quantitative estimate of drug-likeness (QED) is 0.0688. The Balaban J connectivity index is 0.769. The number of likely N-dealkylation sites (tertiary alicyclic amines) is 1. The lowest BCUT2D eigenvalue weighted by molar-refractivity contribution is -0.142. The molecule has 0 spiro atoms. The first-order valence-corrected chi connectivity index (χ1v) is 28.7. The van der Waals surface area contributed by atoms with E-state index in [4.69, 9.17) is 24.2 Å². The van der Waals surface area contributed by atoms with Crippen LogP contribution in [0.15, 0.2) is 101 Å². The van der Waals surface area contributed by atoms with E-state index in [0.29, 0.717) is 72.9 Å². The lowest BCUT2D eigenvalue weighted by atomic mass is 9.74. The maximum atomic E-state index is 16.2. The largest absolute Gasteiger partial charge is 0.486 e. The maximum Gasteiger partial charge on any atom is 0.319 e. The third kappa shape index (κ3) is 10.2. The number of allylic oxidation sites excluding steroid dienone is 4. The Morgan fingerprint density at radius 1 is 0.975 bits per heavy atom. The van der Waals surface area contributed by atoms with Crippen LogP contribution in [0.2, 0.25) is 0 Å². The Kier molecular flexibility index (Phi) is 14.3. The monoisotopic (exact) mass is 1100 g/mol. The Morgan fingerprint density at radius 2 is 1.78 bits per heavy atom. The zero-order valence-corrected chi connectivity index (χ0v) is 46.1. The average Bonchev–Trinajstić information content (AvgIpc) is 4.12. The summed E-state index contributed by atoms with van der Waals surface area (Å²) in [6.07, 6.45) is 12.5. The highest BCUT2D eigenvalue weighted by molar-refractivity contribution is 5.97. The fourth-order valence-corrected chi connectivity index (χ4v) is 13.0. The predicted octanol–water partition coefficient (Wildman–Crippen LogP) is 7.69. The van der Waals surface area contributed by atoms with E-state index in [1.54, 1.807) is 28.1 Å². The molecule has 3 aromatic heterocycles. The van der Waals surface area contributed by atoms with Gasteiger partial charge in [-0.1, -0.05) is 67.6 Å². The number of aliphatic hydroxyl groups is 1. The zero-order chi connectivity index (χ0) is 55.5. The Morgan fingerprint density at radius 3 is 2.51 bits per heavy atom. The number of nitrogens with one attached hydrogen (secondary N) is 3. The lowest BCUT2D eigenvalue weighted by Crippen LogP contribution is -2.50. The maximum absolute atomic E-state index is 16.2. The lowest BCUT2D eigenvalue weighted by Gasteiger charge is -2.33. The molecule has 6 aromatic rings. The van der Waals surface area contributed by atoms with Crippen LogP contribution in [0.1, 0.15) is 118 Å². The second kappa shape index (κ2) is 22.0. The summed E-state index contributed by atoms with van der Waals surface area (Å²) in [5.74, 6) is 0.0635. The first-order valence-electron chi connectivity index (χ1n) is 28.7. The number of aromatic nitrogens is 7. The van der Waals surface area contributed by atoms with Crippen molar-refractivity contribution in [3.63, 3.8) is 0 Å². The van der Waals surface area contributed by atoms with Crippen LogP contribution >= 0.6 is 0 Å². The molecule has 13 rings (SSSR count). The van der Waals surface area contributed by atoms with Crippen molar-refractivity contribution in [1.82, 2.24) is 56.1 Å². The molecule has 20 heteroatoms. The number of ether oxygens (including phenoxy) is 3. The van der Waals surface area contributed by atoms with Crippen LogP contribution in [-0.4, -0.2) is 127 Å². The Hall–Kier alpha value is -7.68. The number of aliphatic hydroxyl groups excluding tert-OH is 1. The predicted molar refractivity (Wildman–Crippen MR) is 302 cm³/mol. The third-order valence-corrected chi connectivity index (χ3v) is 17.5. The topological polar surface area (TPSA) is 219 Å². The minimum atomic E-state index is -0.728. The number of anilines is 1. The van der Waals surface area contributed by atoms with E-state index in [2.05, 4.69) is 52.6 Å². The van der Waals surface area contributed by atoms with Crippen LogP contribution in [0.4, 0.5) is 10.2 Å². The molecule has 2 unspecified atom stereocenters. The number of hydrazone groups is 1. The van der Waals surface area contributed by atoms with Crippen LogP contribution < -0.4 is 30.4 Å². The molecule has 19 nitrogen and oxygen atoms in total. The van der Waals surface area contributed by atoms with Gasteiger partial charge in [0.05, 0.1) is 44.0 Å². The van der Waals surface area contributed by atoms with E-state index in [9.17, 15) is 14.7 Å². The molecule has 81 heavy (non-hydrogen) atoms. The fourth-order valence-electron chi connectivity index (χ4n) is 13.0. The van der Waals surface area contributed by atoms with Crippen LogP contribution in [0.3, 0.4) is 0 Å². The molecule has 7 atom stereocenters. The molecule has 0 radical (unpaired) electrons. The van der Waals surface area contributed by atoms with Gasteiger partial charge in [-0.2, -0.15) is 25.3 Å². The van der Waals surface area contributed by atoms with E-state index in [1.165, 1.54) is 0 Å². The first kappa shape index (κ1) is 52.7. The van der Waals surface area contributed by atoms with Crippen molar-refractivity contribution in [2.24, 2.45) is 16.9 Å². The fraction of sp³-hybridized carbons (Fsp3) is 0.459. The molecule has 5 aliphatic heterocycles. The van der Waals surface area contributed by atoms with E-state index in [0.717, 1.165) is 101 Å². The highest BCUT2D eigenvalue weighted by Crippen LogP contribution is 2.55. The van der Waals surface area contributed by atoms with Crippen molar-refractivity contribution >= 4 is 34.7 Å². The number of halogens is 1. The molecule has 8 heterocycles. The van der Waals surface area contributed by atoms with Gasteiger partial charge < -0.3 is 39.8 Å². The van der Waals surface area contributed by atoms with Crippen molar-refractivity contribution in [1.29, 1.82) is 0 Å². The van der Waals surface area contributed by atoms with Gasteiger partial charge in [0.15, 0.2) is 5.75 Å². The Bertz CT molecular complexity index is 3470. The van der Waals surface area contributed by atoms with Crippen molar-refractivity contribution in [3.05, 3.63) is 124 Å². The van der Waals surface area contributed by atoms with Crippen LogP contribution in [-0.2, 0) is 20.9 Å². The van der Waals surface area contributed by atoms with Crippen LogP contribution in [0.25, 0.3) is 33.3 Å². The van der Waals surface area contributed by atoms with Crippen molar-refractivity contribution in [3.8, 4) is 34.1 Å². The number of aryl methyl sites for hydroxylation is 1. The molecular weight excluding hydrogens is 1030 g/mol. The number of benzene rings is 3. The summed E-state index contributed by atoms with van der Waals surface area (Å²) in [6, 6.07) is 18.6. The molecular formula is C61H68FN13O6. The average molecular weight is 1100 g/mol. The molecule has 2 bridgehead atoms. The van der Waals surface area contributed by atoms with E-state index in [-0.39, 0.29) is 60.8 Å². The summed E-state index contributed by atoms with van der Waals surface area (Å²) >= 11 is 0.